The van der Waals surface area contributed by atoms with Crippen molar-refractivity contribution in [2.45, 2.75) is 5.92 Å². The Morgan fingerprint density at radius 3 is 2.36 bits per heavy atom. The molecule has 1 aliphatic heterocycles. The van der Waals surface area contributed by atoms with Crippen molar-refractivity contribution in [2.24, 2.45) is 5.73 Å². The van der Waals surface area contributed by atoms with Crippen LogP contribution in [-0.4, -0.2) is 18.0 Å². The van der Waals surface area contributed by atoms with Crippen LogP contribution >= 0.6 is 0 Å². The number of fused-ring (bicyclic) bond motifs is 1. The number of hydrogen-bond donors (Lipinski definition) is 1. The second-order valence-electron chi connectivity index (χ2n) is 7.09. The van der Waals surface area contributed by atoms with Gasteiger partial charge in [-0.1, -0.05) is 18.2 Å². The number of nitrogens with two attached hydrogens (primary N) is 1. The van der Waals surface area contributed by atoms with Gasteiger partial charge in [-0.15, -0.1) is 0 Å². The third-order valence-corrected chi connectivity index (χ3v) is 5.16. The van der Waals surface area contributed by atoms with Crippen molar-refractivity contribution in [3.63, 3.8) is 0 Å². The molecule has 3 aromatic rings. The van der Waals surface area contributed by atoms with Gasteiger partial charge in [0.05, 0.1) is 23.5 Å². The van der Waals surface area contributed by atoms with Crippen molar-refractivity contribution in [3.8, 4) is 23.3 Å². The van der Waals surface area contributed by atoms with E-state index in [1.807, 2.05) is 0 Å². The van der Waals surface area contributed by atoms with Crippen LogP contribution in [0, 0.1) is 21.4 Å². The fourth-order valence-electron chi connectivity index (χ4n) is 3.52. The second kappa shape index (κ2) is 8.72. The second-order valence-corrected chi connectivity index (χ2v) is 7.09. The molecule has 9 nitrogen and oxygen atoms in total. The van der Waals surface area contributed by atoms with Crippen molar-refractivity contribution in [3.05, 3.63) is 105 Å². The molecular weight excluding hydrogens is 426 g/mol. The van der Waals surface area contributed by atoms with Gasteiger partial charge < -0.3 is 19.9 Å². The number of nitriles is 1. The summed E-state index contributed by atoms with van der Waals surface area (Å²) in [5, 5.41) is 20.6. The number of carbonyl (C=O) groups excluding carboxylic acids is 1. The van der Waals surface area contributed by atoms with Gasteiger partial charge in [0.15, 0.2) is 0 Å². The van der Waals surface area contributed by atoms with Crippen molar-refractivity contribution >= 4 is 11.7 Å². The SMILES string of the molecule is COc1ccc(C(=O)Oc2ccc3c(c2)OC(N)=C(C#N)C3c2ccc([N+](=O)[O-])cc2)cc1. The van der Waals surface area contributed by atoms with Gasteiger partial charge in [0, 0.05) is 23.8 Å². The lowest BCUT2D eigenvalue weighted by Gasteiger charge is -2.26. The van der Waals surface area contributed by atoms with E-state index in [4.69, 9.17) is 19.9 Å². The molecule has 33 heavy (non-hydrogen) atoms. The highest BCUT2D eigenvalue weighted by Gasteiger charge is 2.31. The van der Waals surface area contributed by atoms with Crippen LogP contribution in [0.5, 0.6) is 17.2 Å². The molecule has 0 bridgehead atoms. The Kier molecular flexibility index (Phi) is 5.66. The minimum absolute atomic E-state index is 0.0673. The number of rotatable bonds is 5. The van der Waals surface area contributed by atoms with E-state index in [9.17, 15) is 20.2 Å². The third kappa shape index (κ3) is 4.18. The molecule has 4 rings (SSSR count). The molecule has 0 amide bonds. The zero-order valence-electron chi connectivity index (χ0n) is 17.3. The highest BCUT2D eigenvalue weighted by Crippen LogP contribution is 2.43. The smallest absolute Gasteiger partial charge is 0.343 e. The third-order valence-electron chi connectivity index (χ3n) is 5.16. The summed E-state index contributed by atoms with van der Waals surface area (Å²) in [7, 11) is 1.53. The fraction of sp³-hybridized carbons (Fsp3) is 0.0833. The molecule has 2 N–H and O–H groups in total. The number of nitro benzene ring substituents is 1. The van der Waals surface area contributed by atoms with Crippen molar-refractivity contribution in [2.75, 3.05) is 7.11 Å². The van der Waals surface area contributed by atoms with E-state index in [1.54, 1.807) is 48.5 Å². The predicted octanol–water partition coefficient (Wildman–Crippen LogP) is 4.04. The average Bonchev–Trinajstić information content (AvgIpc) is 2.83. The lowest BCUT2D eigenvalue weighted by molar-refractivity contribution is -0.384. The predicted molar refractivity (Wildman–Crippen MR) is 117 cm³/mol. The first-order valence-electron chi connectivity index (χ1n) is 9.73. The van der Waals surface area contributed by atoms with E-state index in [-0.39, 0.29) is 22.9 Å². The minimum Gasteiger partial charge on any atom is -0.497 e. The minimum atomic E-state index is -0.592. The summed E-state index contributed by atoms with van der Waals surface area (Å²) < 4.78 is 16.2. The molecule has 0 aliphatic carbocycles. The number of non-ortho nitro benzene ring substituents is 1. The number of allylic oxidation sites excluding steroid dienone is 1. The molecule has 0 aromatic heterocycles. The van der Waals surface area contributed by atoms with Crippen LogP contribution in [0.1, 0.15) is 27.4 Å². The van der Waals surface area contributed by atoms with Gasteiger partial charge in [-0.2, -0.15) is 5.26 Å². The maximum absolute atomic E-state index is 12.5. The Morgan fingerprint density at radius 1 is 1.09 bits per heavy atom. The quantitative estimate of drug-likeness (QED) is 0.270. The van der Waals surface area contributed by atoms with E-state index in [0.29, 0.717) is 28.2 Å². The summed E-state index contributed by atoms with van der Waals surface area (Å²) in [6, 6.07) is 19.1. The first-order valence-corrected chi connectivity index (χ1v) is 9.73. The number of nitro groups is 1. The zero-order valence-corrected chi connectivity index (χ0v) is 17.3. The number of hydrogen-bond acceptors (Lipinski definition) is 8. The molecule has 164 valence electrons. The molecule has 0 saturated carbocycles. The van der Waals surface area contributed by atoms with Crippen molar-refractivity contribution < 1.29 is 23.9 Å². The standard InChI is InChI=1S/C24H17N3O6/c1-31-17-8-4-15(5-9-17)24(28)32-18-10-11-19-21(12-18)33-23(26)20(13-25)22(19)14-2-6-16(7-3-14)27(29)30/h2-12,22H,26H2,1H3. The largest absolute Gasteiger partial charge is 0.497 e. The summed E-state index contributed by atoms with van der Waals surface area (Å²) >= 11 is 0. The van der Waals surface area contributed by atoms with Gasteiger partial charge in [0.1, 0.15) is 28.9 Å². The number of esters is 1. The van der Waals surface area contributed by atoms with Gasteiger partial charge in [0.25, 0.3) is 5.69 Å². The Hall–Kier alpha value is -4.84. The lowest BCUT2D eigenvalue weighted by atomic mass is 9.83. The molecular formula is C24H17N3O6. The summed E-state index contributed by atoms with van der Waals surface area (Å²) in [5.41, 5.74) is 7.68. The van der Waals surface area contributed by atoms with Gasteiger partial charge in [-0.25, -0.2) is 4.79 Å². The van der Waals surface area contributed by atoms with Crippen LogP contribution in [0.2, 0.25) is 0 Å². The first kappa shape index (κ1) is 21.4. The number of nitrogens with zero attached hydrogens (tertiary/aromatic N) is 2. The molecule has 1 aliphatic rings. The highest BCUT2D eigenvalue weighted by molar-refractivity contribution is 5.91. The first-order chi connectivity index (χ1) is 15.9. The maximum Gasteiger partial charge on any atom is 0.343 e. The number of ether oxygens (including phenoxy) is 3. The average molecular weight is 443 g/mol. The molecule has 1 unspecified atom stereocenters. The van der Waals surface area contributed by atoms with E-state index in [2.05, 4.69) is 6.07 Å². The summed E-state index contributed by atoms with van der Waals surface area (Å²) in [6.07, 6.45) is 0. The van der Waals surface area contributed by atoms with Crippen LogP contribution in [0.25, 0.3) is 0 Å². The molecule has 1 heterocycles. The molecule has 0 fully saturated rings. The highest BCUT2D eigenvalue weighted by atomic mass is 16.6. The topological polar surface area (TPSA) is 138 Å². The fourth-order valence-corrected chi connectivity index (χ4v) is 3.52. The maximum atomic E-state index is 12.5. The van der Waals surface area contributed by atoms with Crippen LogP contribution < -0.4 is 19.9 Å². The zero-order chi connectivity index (χ0) is 23.5. The van der Waals surface area contributed by atoms with Crippen LogP contribution in [-0.2, 0) is 0 Å². The molecule has 0 saturated heterocycles. The summed E-state index contributed by atoms with van der Waals surface area (Å²) in [4.78, 5) is 23.0. The Morgan fingerprint density at radius 2 is 1.76 bits per heavy atom. The molecule has 9 heteroatoms. The Balaban J connectivity index is 1.65. The van der Waals surface area contributed by atoms with E-state index in [0.717, 1.165) is 0 Å². The summed E-state index contributed by atoms with van der Waals surface area (Å²) in [6.45, 7) is 0. The Bertz CT molecular complexity index is 1310. The van der Waals surface area contributed by atoms with Crippen LogP contribution in [0.3, 0.4) is 0 Å². The van der Waals surface area contributed by atoms with Crippen LogP contribution in [0.15, 0.2) is 78.2 Å². The molecule has 0 radical (unpaired) electrons. The van der Waals surface area contributed by atoms with Gasteiger partial charge in [-0.3, -0.25) is 10.1 Å². The Labute approximate surface area is 188 Å². The monoisotopic (exact) mass is 443 g/mol. The van der Waals surface area contributed by atoms with Gasteiger partial charge in [-0.05, 0) is 35.9 Å². The lowest BCUT2D eigenvalue weighted by Crippen LogP contribution is -2.21. The summed E-state index contributed by atoms with van der Waals surface area (Å²) in [5.74, 6) is -0.0962. The van der Waals surface area contributed by atoms with Crippen molar-refractivity contribution in [1.29, 1.82) is 5.26 Å². The normalized spacial score (nSPS) is 14.5. The van der Waals surface area contributed by atoms with Crippen molar-refractivity contribution in [1.82, 2.24) is 0 Å². The van der Waals surface area contributed by atoms with Gasteiger partial charge in [0.2, 0.25) is 5.88 Å². The van der Waals surface area contributed by atoms with E-state index < -0.39 is 16.8 Å². The number of methoxy groups -OCH3 is 1. The molecule has 3 aromatic carbocycles. The van der Waals surface area contributed by atoms with Gasteiger partial charge >= 0.3 is 5.97 Å². The number of carbonyl (C=O) groups is 1. The molecule has 0 spiro atoms. The van der Waals surface area contributed by atoms with E-state index in [1.165, 1.54) is 25.3 Å². The molecule has 1 atom stereocenters. The van der Waals surface area contributed by atoms with Crippen LogP contribution in [0.4, 0.5) is 5.69 Å². The van der Waals surface area contributed by atoms with E-state index >= 15 is 0 Å². The number of benzene rings is 3.